The quantitative estimate of drug-likeness (QED) is 0.323. The zero-order valence-corrected chi connectivity index (χ0v) is 18.5. The molecule has 0 bridgehead atoms. The van der Waals surface area contributed by atoms with Crippen LogP contribution < -0.4 is 20.3 Å². The second kappa shape index (κ2) is 10.1. The Balaban J connectivity index is 1.44. The van der Waals surface area contributed by atoms with Crippen molar-refractivity contribution in [1.29, 1.82) is 0 Å². The fourth-order valence-corrected chi connectivity index (χ4v) is 3.46. The number of anilines is 2. The third-order valence-electron chi connectivity index (χ3n) is 4.81. The van der Waals surface area contributed by atoms with E-state index in [1.54, 1.807) is 36.4 Å². The lowest BCUT2D eigenvalue weighted by molar-refractivity contribution is -0.122. The molecular weight excluding hydrogens is 457 g/mol. The highest BCUT2D eigenvalue weighted by Crippen LogP contribution is 2.23. The van der Waals surface area contributed by atoms with E-state index in [0.29, 0.717) is 22.7 Å². The lowest BCUT2D eigenvalue weighted by Gasteiger charge is -2.28. The number of nitrogens with zero attached hydrogens (tertiary/aromatic N) is 1. The van der Waals surface area contributed by atoms with Crippen molar-refractivity contribution < 1.29 is 23.5 Å². The van der Waals surface area contributed by atoms with Crippen LogP contribution in [-0.4, -0.2) is 29.4 Å². The van der Waals surface area contributed by atoms with E-state index >= 15 is 0 Å². The molecule has 34 heavy (non-hydrogen) atoms. The number of thiocarbonyl (C=S) groups is 1. The van der Waals surface area contributed by atoms with Crippen LogP contribution in [0.3, 0.4) is 0 Å². The highest BCUT2D eigenvalue weighted by molar-refractivity contribution is 7.80. The number of benzene rings is 3. The summed E-state index contributed by atoms with van der Waals surface area (Å²) in [4.78, 5) is 38.5. The van der Waals surface area contributed by atoms with Crippen molar-refractivity contribution in [2.24, 2.45) is 0 Å². The van der Waals surface area contributed by atoms with Gasteiger partial charge < -0.3 is 10.1 Å². The van der Waals surface area contributed by atoms with Gasteiger partial charge in [-0.2, -0.15) is 0 Å². The highest BCUT2D eigenvalue weighted by Gasteiger charge is 2.34. The summed E-state index contributed by atoms with van der Waals surface area (Å²) in [6, 6.07) is 20.7. The molecule has 0 saturated carbocycles. The van der Waals surface area contributed by atoms with Gasteiger partial charge in [0, 0.05) is 5.69 Å². The summed E-state index contributed by atoms with van der Waals surface area (Å²) >= 11 is 5.12. The van der Waals surface area contributed by atoms with Crippen LogP contribution in [0.15, 0.2) is 84.4 Å². The van der Waals surface area contributed by atoms with Crippen molar-refractivity contribution in [1.82, 2.24) is 5.32 Å². The molecule has 9 heteroatoms. The van der Waals surface area contributed by atoms with E-state index in [4.69, 9.17) is 17.0 Å². The maximum absolute atomic E-state index is 13.3. The Kier molecular flexibility index (Phi) is 6.74. The van der Waals surface area contributed by atoms with Crippen molar-refractivity contribution >= 4 is 52.5 Å². The summed E-state index contributed by atoms with van der Waals surface area (Å²) in [6.45, 7) is -0.180. The second-order valence-electron chi connectivity index (χ2n) is 7.21. The zero-order chi connectivity index (χ0) is 24.1. The Morgan fingerprint density at radius 3 is 2.35 bits per heavy atom. The van der Waals surface area contributed by atoms with Crippen molar-refractivity contribution in [3.05, 3.63) is 95.8 Å². The topological polar surface area (TPSA) is 87.7 Å². The summed E-state index contributed by atoms with van der Waals surface area (Å²) < 4.78 is 18.7. The van der Waals surface area contributed by atoms with Gasteiger partial charge in [0.2, 0.25) is 0 Å². The highest BCUT2D eigenvalue weighted by atomic mass is 32.1. The normalized spacial score (nSPS) is 14.7. The van der Waals surface area contributed by atoms with Gasteiger partial charge in [-0.1, -0.05) is 30.3 Å². The summed E-state index contributed by atoms with van der Waals surface area (Å²) in [7, 11) is 0. The van der Waals surface area contributed by atoms with E-state index < -0.39 is 17.6 Å². The summed E-state index contributed by atoms with van der Waals surface area (Å²) in [6.07, 6.45) is 1.42. The number of hydrogen-bond acceptors (Lipinski definition) is 5. The first kappa shape index (κ1) is 22.8. The van der Waals surface area contributed by atoms with Gasteiger partial charge >= 0.3 is 0 Å². The smallest absolute Gasteiger partial charge is 0.270 e. The van der Waals surface area contributed by atoms with Gasteiger partial charge in [0.25, 0.3) is 17.7 Å². The molecule has 0 aliphatic carbocycles. The lowest BCUT2D eigenvalue weighted by atomic mass is 10.1. The maximum Gasteiger partial charge on any atom is 0.270 e. The lowest BCUT2D eigenvalue weighted by Crippen LogP contribution is -2.54. The fraction of sp³-hybridized carbons (Fsp3) is 0.0400. The minimum Gasteiger partial charge on any atom is -0.484 e. The summed E-state index contributed by atoms with van der Waals surface area (Å²) in [5.41, 5.74) is 1.43. The van der Waals surface area contributed by atoms with E-state index in [-0.39, 0.29) is 23.2 Å². The third-order valence-corrected chi connectivity index (χ3v) is 5.09. The standard InChI is InChI=1S/C25H18FN3O4S/c26-17-8-10-19(11-9-17)29-24(32)21(23(31)28-25(29)34)14-16-6-12-20(13-7-16)33-15-22(30)27-18-4-2-1-3-5-18/h1-14H,15H2,(H,27,30)(H,28,31,34). The van der Waals surface area contributed by atoms with Gasteiger partial charge in [-0.3, -0.25) is 24.6 Å². The molecule has 3 aromatic carbocycles. The van der Waals surface area contributed by atoms with Crippen LogP contribution in [0.25, 0.3) is 6.08 Å². The van der Waals surface area contributed by atoms with E-state index in [1.807, 2.05) is 18.2 Å². The van der Waals surface area contributed by atoms with Crippen LogP contribution >= 0.6 is 12.2 Å². The van der Waals surface area contributed by atoms with Crippen LogP contribution in [-0.2, 0) is 14.4 Å². The molecule has 0 atom stereocenters. The maximum atomic E-state index is 13.3. The monoisotopic (exact) mass is 475 g/mol. The van der Waals surface area contributed by atoms with Gasteiger partial charge in [-0.15, -0.1) is 0 Å². The first-order valence-electron chi connectivity index (χ1n) is 10.2. The Morgan fingerprint density at radius 2 is 1.68 bits per heavy atom. The predicted octanol–water partition coefficient (Wildman–Crippen LogP) is 3.67. The van der Waals surface area contributed by atoms with Crippen molar-refractivity contribution in [3.63, 3.8) is 0 Å². The molecule has 2 N–H and O–H groups in total. The van der Waals surface area contributed by atoms with Crippen LogP contribution in [0.1, 0.15) is 5.56 Å². The minimum atomic E-state index is -0.633. The van der Waals surface area contributed by atoms with Crippen molar-refractivity contribution in [2.45, 2.75) is 0 Å². The van der Waals surface area contributed by atoms with Gasteiger partial charge in [-0.05, 0) is 72.4 Å². The first-order chi connectivity index (χ1) is 16.4. The number of ether oxygens (including phenoxy) is 1. The molecule has 1 aliphatic heterocycles. The SMILES string of the molecule is O=C(COc1ccc(C=C2C(=O)NC(=S)N(c3ccc(F)cc3)C2=O)cc1)Nc1ccccc1. The fourth-order valence-electron chi connectivity index (χ4n) is 3.18. The molecule has 7 nitrogen and oxygen atoms in total. The number of para-hydroxylation sites is 1. The van der Waals surface area contributed by atoms with Crippen molar-refractivity contribution in [3.8, 4) is 5.75 Å². The first-order valence-corrected chi connectivity index (χ1v) is 10.6. The molecule has 0 unspecified atom stereocenters. The van der Waals surface area contributed by atoms with Crippen LogP contribution in [0.2, 0.25) is 0 Å². The molecule has 0 spiro atoms. The minimum absolute atomic E-state index is 0.0868. The van der Waals surface area contributed by atoms with E-state index in [2.05, 4.69) is 10.6 Å². The average Bonchev–Trinajstić information content (AvgIpc) is 2.83. The Morgan fingerprint density at radius 1 is 1.00 bits per heavy atom. The molecule has 170 valence electrons. The third kappa shape index (κ3) is 5.33. The summed E-state index contributed by atoms with van der Waals surface area (Å²) in [5, 5.41) is 5.11. The Bertz CT molecular complexity index is 1280. The zero-order valence-electron chi connectivity index (χ0n) is 17.7. The van der Waals surface area contributed by atoms with E-state index in [0.717, 1.165) is 4.90 Å². The molecule has 0 aromatic heterocycles. The number of amides is 3. The van der Waals surface area contributed by atoms with E-state index in [1.165, 1.54) is 30.3 Å². The molecule has 1 aliphatic rings. The van der Waals surface area contributed by atoms with Crippen LogP contribution in [0.4, 0.5) is 15.8 Å². The average molecular weight is 476 g/mol. The molecule has 3 aromatic rings. The number of hydrogen-bond donors (Lipinski definition) is 2. The van der Waals surface area contributed by atoms with Gasteiger partial charge in [0.1, 0.15) is 17.1 Å². The number of nitrogens with one attached hydrogen (secondary N) is 2. The second-order valence-corrected chi connectivity index (χ2v) is 7.59. The van der Waals surface area contributed by atoms with Gasteiger partial charge in [0.05, 0.1) is 5.69 Å². The molecule has 4 rings (SSSR count). The molecular formula is C25H18FN3O4S. The predicted molar refractivity (Wildman–Crippen MR) is 130 cm³/mol. The van der Waals surface area contributed by atoms with Gasteiger partial charge in [-0.25, -0.2) is 4.39 Å². The molecule has 1 fully saturated rings. The molecule has 0 radical (unpaired) electrons. The number of carbonyl (C=O) groups excluding carboxylic acids is 3. The van der Waals surface area contributed by atoms with Crippen LogP contribution in [0.5, 0.6) is 5.75 Å². The molecule has 1 saturated heterocycles. The van der Waals surface area contributed by atoms with Crippen LogP contribution in [0, 0.1) is 5.82 Å². The van der Waals surface area contributed by atoms with E-state index in [9.17, 15) is 18.8 Å². The molecule has 1 heterocycles. The largest absolute Gasteiger partial charge is 0.484 e. The van der Waals surface area contributed by atoms with Gasteiger partial charge in [0.15, 0.2) is 11.7 Å². The number of halogens is 1. The summed E-state index contributed by atoms with van der Waals surface area (Å²) in [5.74, 6) is -1.58. The van der Waals surface area contributed by atoms with Crippen molar-refractivity contribution in [2.75, 3.05) is 16.8 Å². The molecule has 3 amide bonds. The number of rotatable bonds is 6. The Labute approximate surface area is 199 Å². The Hall–Kier alpha value is -4.37. The number of carbonyl (C=O) groups is 3.